The lowest BCUT2D eigenvalue weighted by Crippen LogP contribution is -2.12. The topological polar surface area (TPSA) is 108 Å². The van der Waals surface area contributed by atoms with Gasteiger partial charge < -0.3 is 23.8 Å². The Balaban J connectivity index is 2.23. The molecule has 0 spiro atoms. The molecule has 0 saturated carbocycles. The van der Waals surface area contributed by atoms with Crippen molar-refractivity contribution >= 4 is 23.9 Å². The molecule has 0 fully saturated rings. The van der Waals surface area contributed by atoms with E-state index < -0.39 is 0 Å². The molecule has 0 radical (unpaired) electrons. The number of hydrogen-bond acceptors (Lipinski definition) is 9. The molecule has 0 aliphatic heterocycles. The van der Waals surface area contributed by atoms with Crippen LogP contribution in [0.1, 0.15) is 185 Å². The van der Waals surface area contributed by atoms with Gasteiger partial charge >= 0.3 is 23.9 Å². The van der Waals surface area contributed by atoms with Crippen LogP contribution in [0.4, 0.5) is 0 Å². The minimum absolute atomic E-state index is 0.0887. The lowest BCUT2D eigenvalue weighted by atomic mass is 10.1. The Morgan fingerprint density at radius 2 is 0.731 bits per heavy atom. The summed E-state index contributed by atoms with van der Waals surface area (Å²) in [5.74, 6) is -0.607. The van der Waals surface area contributed by atoms with E-state index in [4.69, 9.17) is 18.9 Å². The van der Waals surface area contributed by atoms with Crippen molar-refractivity contribution in [3.63, 3.8) is 0 Å². The first-order valence-corrected chi connectivity index (χ1v) is 20.6. The standard InChI is InChI=1S/C43H73NO8/c1-5-7-9-13-19-25-40(45)49-29-23-17-11-15-21-27-42(47)51-35-38-31-37(34-44(3)4)32-39(33-38)36-52-43(48)28-22-16-12-18-24-30-50-41(46)26-20-14-10-8-6-2/h31-33H,5-30,34-36H2,1-4H3. The van der Waals surface area contributed by atoms with Crippen LogP contribution in [0.3, 0.4) is 0 Å². The summed E-state index contributed by atoms with van der Waals surface area (Å²) < 4.78 is 21.8. The monoisotopic (exact) mass is 732 g/mol. The van der Waals surface area contributed by atoms with E-state index >= 15 is 0 Å². The molecule has 298 valence electrons. The molecule has 9 heteroatoms. The zero-order valence-corrected chi connectivity index (χ0v) is 33.5. The van der Waals surface area contributed by atoms with Gasteiger partial charge in [0, 0.05) is 32.2 Å². The number of benzene rings is 1. The summed E-state index contributed by atoms with van der Waals surface area (Å²) in [6.45, 7) is 6.41. The Labute approximate surface area is 316 Å². The molecule has 0 N–H and O–H groups in total. The summed E-state index contributed by atoms with van der Waals surface area (Å²) in [4.78, 5) is 50.6. The fraction of sp³-hybridized carbons (Fsp3) is 0.767. The van der Waals surface area contributed by atoms with Crippen LogP contribution < -0.4 is 0 Å². The van der Waals surface area contributed by atoms with Gasteiger partial charge in [-0.25, -0.2) is 0 Å². The van der Waals surface area contributed by atoms with Crippen LogP contribution in [0.15, 0.2) is 18.2 Å². The molecule has 9 nitrogen and oxygen atoms in total. The van der Waals surface area contributed by atoms with Gasteiger partial charge in [0.15, 0.2) is 0 Å². The highest BCUT2D eigenvalue weighted by Gasteiger charge is 2.10. The highest BCUT2D eigenvalue weighted by Crippen LogP contribution is 2.16. The van der Waals surface area contributed by atoms with E-state index in [-0.39, 0.29) is 37.1 Å². The van der Waals surface area contributed by atoms with Crippen molar-refractivity contribution in [2.75, 3.05) is 27.3 Å². The van der Waals surface area contributed by atoms with Crippen molar-refractivity contribution in [2.24, 2.45) is 0 Å². The van der Waals surface area contributed by atoms with Crippen LogP contribution in [-0.4, -0.2) is 56.1 Å². The average Bonchev–Trinajstić information content (AvgIpc) is 3.11. The van der Waals surface area contributed by atoms with Crippen LogP contribution in [0.5, 0.6) is 0 Å². The zero-order valence-electron chi connectivity index (χ0n) is 33.5. The number of hydrogen-bond donors (Lipinski definition) is 0. The summed E-state index contributed by atoms with van der Waals surface area (Å²) in [6.07, 6.45) is 22.1. The number of nitrogens with zero attached hydrogens (tertiary/aromatic N) is 1. The van der Waals surface area contributed by atoms with E-state index in [1.807, 2.05) is 32.3 Å². The third-order valence-electron chi connectivity index (χ3n) is 8.96. The normalized spacial score (nSPS) is 11.1. The van der Waals surface area contributed by atoms with Gasteiger partial charge in [0.2, 0.25) is 0 Å². The summed E-state index contributed by atoms with van der Waals surface area (Å²) in [7, 11) is 4.00. The molecule has 1 aromatic rings. The lowest BCUT2D eigenvalue weighted by Gasteiger charge is -2.14. The summed E-state index contributed by atoms with van der Waals surface area (Å²) in [6, 6.07) is 6.01. The molecule has 0 heterocycles. The van der Waals surface area contributed by atoms with E-state index in [0.29, 0.717) is 38.9 Å². The Morgan fingerprint density at radius 1 is 0.423 bits per heavy atom. The first-order chi connectivity index (χ1) is 25.2. The van der Waals surface area contributed by atoms with Gasteiger partial charge in [-0.1, -0.05) is 116 Å². The van der Waals surface area contributed by atoms with Crippen LogP contribution in [-0.2, 0) is 57.9 Å². The fourth-order valence-corrected chi connectivity index (χ4v) is 6.00. The molecular formula is C43H73NO8. The molecule has 0 saturated heterocycles. The number of ether oxygens (including phenoxy) is 4. The number of carbonyl (C=O) groups is 4. The summed E-state index contributed by atoms with van der Waals surface area (Å²) >= 11 is 0. The van der Waals surface area contributed by atoms with Gasteiger partial charge in [-0.05, 0) is 75.4 Å². The summed E-state index contributed by atoms with van der Waals surface area (Å²) in [5, 5.41) is 0. The Morgan fingerprint density at radius 3 is 1.10 bits per heavy atom. The van der Waals surface area contributed by atoms with Crippen molar-refractivity contribution in [3.8, 4) is 0 Å². The molecule has 0 amide bonds. The first kappa shape index (κ1) is 47.1. The zero-order chi connectivity index (χ0) is 38.1. The predicted octanol–water partition coefficient (Wildman–Crippen LogP) is 10.3. The van der Waals surface area contributed by atoms with Crippen molar-refractivity contribution in [3.05, 3.63) is 34.9 Å². The molecule has 0 bridgehead atoms. The van der Waals surface area contributed by atoms with Crippen LogP contribution in [0, 0.1) is 0 Å². The predicted molar refractivity (Wildman–Crippen MR) is 207 cm³/mol. The van der Waals surface area contributed by atoms with E-state index in [1.54, 1.807) is 0 Å². The molecule has 0 unspecified atom stereocenters. The smallest absolute Gasteiger partial charge is 0.306 e. The van der Waals surface area contributed by atoms with Crippen molar-refractivity contribution in [1.29, 1.82) is 0 Å². The quantitative estimate of drug-likeness (QED) is 0.0389. The minimum atomic E-state index is -0.215. The van der Waals surface area contributed by atoms with Gasteiger partial charge in [-0.2, -0.15) is 0 Å². The SMILES string of the molecule is CCCCCCCC(=O)OCCCCCCCC(=O)OCc1cc(COC(=O)CCCCCCCOC(=O)CCCCCCC)cc(CN(C)C)c1. The average molecular weight is 732 g/mol. The largest absolute Gasteiger partial charge is 0.466 e. The number of carbonyl (C=O) groups excluding carboxylic acids is 4. The molecule has 1 rings (SSSR count). The molecule has 0 aliphatic rings. The highest BCUT2D eigenvalue weighted by atomic mass is 16.5. The molecule has 0 aromatic heterocycles. The van der Waals surface area contributed by atoms with Crippen molar-refractivity contribution in [2.45, 2.75) is 188 Å². The minimum Gasteiger partial charge on any atom is -0.466 e. The van der Waals surface area contributed by atoms with E-state index in [0.717, 1.165) is 113 Å². The Kier molecular flexibility index (Phi) is 29.6. The number of esters is 4. The maximum atomic E-state index is 12.4. The van der Waals surface area contributed by atoms with Crippen LogP contribution >= 0.6 is 0 Å². The highest BCUT2D eigenvalue weighted by molar-refractivity contribution is 5.70. The molecule has 0 aliphatic carbocycles. The molecular weight excluding hydrogens is 658 g/mol. The van der Waals surface area contributed by atoms with E-state index in [1.165, 1.54) is 38.5 Å². The second-order valence-electron chi connectivity index (χ2n) is 14.5. The molecule has 52 heavy (non-hydrogen) atoms. The van der Waals surface area contributed by atoms with E-state index in [2.05, 4.69) is 18.7 Å². The van der Waals surface area contributed by atoms with Gasteiger partial charge in [0.25, 0.3) is 0 Å². The Bertz CT molecular complexity index is 1010. The van der Waals surface area contributed by atoms with Crippen LogP contribution in [0.25, 0.3) is 0 Å². The van der Waals surface area contributed by atoms with E-state index in [9.17, 15) is 19.2 Å². The molecule has 0 atom stereocenters. The van der Waals surface area contributed by atoms with Gasteiger partial charge in [0.1, 0.15) is 13.2 Å². The second kappa shape index (κ2) is 32.7. The first-order valence-electron chi connectivity index (χ1n) is 20.6. The summed E-state index contributed by atoms with van der Waals surface area (Å²) in [5.41, 5.74) is 2.83. The third kappa shape index (κ3) is 28.6. The van der Waals surface area contributed by atoms with Gasteiger partial charge in [-0.15, -0.1) is 0 Å². The second-order valence-corrected chi connectivity index (χ2v) is 14.5. The molecule has 1 aromatic carbocycles. The van der Waals surface area contributed by atoms with Crippen molar-refractivity contribution < 1.29 is 38.1 Å². The van der Waals surface area contributed by atoms with Gasteiger partial charge in [0.05, 0.1) is 13.2 Å². The maximum absolute atomic E-state index is 12.4. The third-order valence-corrected chi connectivity index (χ3v) is 8.96. The maximum Gasteiger partial charge on any atom is 0.306 e. The van der Waals surface area contributed by atoms with Crippen molar-refractivity contribution in [1.82, 2.24) is 4.90 Å². The lowest BCUT2D eigenvalue weighted by molar-refractivity contribution is -0.145. The number of unbranched alkanes of at least 4 members (excludes halogenated alkanes) is 16. The fourth-order valence-electron chi connectivity index (χ4n) is 6.00. The number of rotatable bonds is 34. The Hall–Kier alpha value is -2.94. The van der Waals surface area contributed by atoms with Gasteiger partial charge in [-0.3, -0.25) is 19.2 Å². The van der Waals surface area contributed by atoms with Crippen LogP contribution in [0.2, 0.25) is 0 Å².